The van der Waals surface area contributed by atoms with Gasteiger partial charge in [-0.1, -0.05) is 54.1 Å². The molecule has 2 aliphatic rings. The van der Waals surface area contributed by atoms with E-state index in [0.29, 0.717) is 34.6 Å². The van der Waals surface area contributed by atoms with Crippen molar-refractivity contribution >= 4 is 46.4 Å². The van der Waals surface area contributed by atoms with Gasteiger partial charge in [0.05, 0.1) is 0 Å². The summed E-state index contributed by atoms with van der Waals surface area (Å²) in [5, 5.41) is 21.5. The average molecular weight is 501 g/mol. The highest BCUT2D eigenvalue weighted by Gasteiger charge is 2.43. The van der Waals surface area contributed by atoms with Crippen LogP contribution in [0.1, 0.15) is 36.3 Å². The number of rotatable bonds is 4. The van der Waals surface area contributed by atoms with E-state index in [1.165, 1.54) is 0 Å². The van der Waals surface area contributed by atoms with Gasteiger partial charge in [0.15, 0.2) is 5.78 Å². The number of hydrogen-bond acceptors (Lipinski definition) is 4. The summed E-state index contributed by atoms with van der Waals surface area (Å²) in [6.45, 7) is 0. The third-order valence-electron chi connectivity index (χ3n) is 6.59. The molecule has 5 rings (SSSR count). The number of ketones is 1. The second-order valence-electron chi connectivity index (χ2n) is 8.63. The van der Waals surface area contributed by atoms with Crippen molar-refractivity contribution in [3.63, 3.8) is 0 Å². The number of Topliss-reactive ketones (excluding diaryl/α,β-unsaturated/α-hetero) is 1. The van der Waals surface area contributed by atoms with Crippen molar-refractivity contribution in [1.29, 1.82) is 5.41 Å². The number of aliphatic hydroxyl groups excluding tert-OH is 1. The fourth-order valence-electron chi connectivity index (χ4n) is 4.95. The maximum Gasteiger partial charge on any atom is 0.161 e. The predicted octanol–water partition coefficient (Wildman–Crippen LogP) is 7.62. The lowest BCUT2D eigenvalue weighted by Gasteiger charge is -2.41. The van der Waals surface area contributed by atoms with E-state index in [4.69, 9.17) is 11.6 Å². The summed E-state index contributed by atoms with van der Waals surface area (Å²) in [5.74, 6) is -0.278. The molecule has 2 N–H and O–H groups in total. The van der Waals surface area contributed by atoms with Gasteiger partial charge in [0.1, 0.15) is 11.6 Å². The Hall–Kier alpha value is -3.28. The second-order valence-corrected chi connectivity index (χ2v) is 9.95. The van der Waals surface area contributed by atoms with Crippen molar-refractivity contribution in [2.45, 2.75) is 30.1 Å². The molecule has 176 valence electrons. The highest BCUT2D eigenvalue weighted by molar-refractivity contribution is 7.98. The highest BCUT2D eigenvalue weighted by Crippen LogP contribution is 2.48. The van der Waals surface area contributed by atoms with Gasteiger partial charge in [0, 0.05) is 50.4 Å². The zero-order valence-corrected chi connectivity index (χ0v) is 20.9. The van der Waals surface area contributed by atoms with Crippen LogP contribution in [0.15, 0.2) is 101 Å². The number of aliphatic hydroxyl groups is 1. The molecule has 6 heteroatoms. The molecule has 1 heterocycles. The number of anilines is 1. The van der Waals surface area contributed by atoms with Gasteiger partial charge in [0.25, 0.3) is 0 Å². The molecule has 4 nitrogen and oxygen atoms in total. The van der Waals surface area contributed by atoms with Crippen LogP contribution in [0, 0.1) is 5.41 Å². The van der Waals surface area contributed by atoms with E-state index < -0.39 is 5.92 Å². The Morgan fingerprint density at radius 3 is 2.34 bits per heavy atom. The Morgan fingerprint density at radius 2 is 1.69 bits per heavy atom. The lowest BCUT2D eigenvalue weighted by atomic mass is 9.73. The Labute approximate surface area is 214 Å². The minimum atomic E-state index is -0.523. The van der Waals surface area contributed by atoms with Gasteiger partial charge in [-0.05, 0) is 61.1 Å². The van der Waals surface area contributed by atoms with E-state index >= 15 is 0 Å². The van der Waals surface area contributed by atoms with E-state index in [0.717, 1.165) is 28.3 Å². The zero-order chi connectivity index (χ0) is 24.5. The minimum Gasteiger partial charge on any atom is -0.507 e. The molecule has 0 saturated heterocycles. The summed E-state index contributed by atoms with van der Waals surface area (Å²) in [6, 6.07) is 24.6. The molecule has 3 aromatic carbocycles. The van der Waals surface area contributed by atoms with Crippen molar-refractivity contribution in [1.82, 2.24) is 0 Å². The van der Waals surface area contributed by atoms with Crippen LogP contribution in [0.3, 0.4) is 0 Å². The molecule has 35 heavy (non-hydrogen) atoms. The SMILES string of the molecule is CSc1ccc(C2C3=C(CCCC3=O)N(c3ccc(Cl)cc3)C(=N)/C2=C(/O)c2ccccc2)cc1. The fraction of sp³-hybridized carbons (Fsp3) is 0.172. The lowest BCUT2D eigenvalue weighted by Crippen LogP contribution is -2.42. The van der Waals surface area contributed by atoms with Gasteiger partial charge in [-0.25, -0.2) is 0 Å². The van der Waals surface area contributed by atoms with Gasteiger partial charge in [-0.2, -0.15) is 0 Å². The van der Waals surface area contributed by atoms with Gasteiger partial charge in [-0.15, -0.1) is 11.8 Å². The molecule has 1 aliphatic carbocycles. The summed E-state index contributed by atoms with van der Waals surface area (Å²) >= 11 is 7.79. The maximum atomic E-state index is 13.5. The average Bonchev–Trinajstić information content (AvgIpc) is 2.89. The molecular weight excluding hydrogens is 476 g/mol. The summed E-state index contributed by atoms with van der Waals surface area (Å²) < 4.78 is 0. The van der Waals surface area contributed by atoms with Crippen LogP contribution >= 0.6 is 23.4 Å². The molecule has 0 saturated carbocycles. The van der Waals surface area contributed by atoms with Crippen LogP contribution in [-0.4, -0.2) is 23.0 Å². The molecule has 0 aromatic heterocycles. The molecular formula is C29H25ClN2O2S. The first kappa shape index (κ1) is 23.5. The summed E-state index contributed by atoms with van der Waals surface area (Å²) in [4.78, 5) is 16.4. The third-order valence-corrected chi connectivity index (χ3v) is 7.59. The predicted molar refractivity (Wildman–Crippen MR) is 144 cm³/mol. The summed E-state index contributed by atoms with van der Waals surface area (Å²) in [6.07, 6.45) is 3.90. The van der Waals surface area contributed by atoms with Gasteiger partial charge >= 0.3 is 0 Å². The summed E-state index contributed by atoms with van der Waals surface area (Å²) in [7, 11) is 0. The number of allylic oxidation sites excluding steroid dienone is 2. The number of hydrogen-bond donors (Lipinski definition) is 2. The topological polar surface area (TPSA) is 64.4 Å². The molecule has 3 aromatic rings. The number of nitrogens with one attached hydrogen (secondary N) is 1. The van der Waals surface area contributed by atoms with Crippen molar-refractivity contribution < 1.29 is 9.90 Å². The summed E-state index contributed by atoms with van der Waals surface area (Å²) in [5.41, 5.74) is 4.17. The van der Waals surface area contributed by atoms with Crippen LogP contribution in [0.5, 0.6) is 0 Å². The highest BCUT2D eigenvalue weighted by atomic mass is 35.5. The molecule has 0 radical (unpaired) electrons. The first-order chi connectivity index (χ1) is 17.0. The fourth-order valence-corrected chi connectivity index (χ4v) is 5.48. The lowest BCUT2D eigenvalue weighted by molar-refractivity contribution is -0.116. The Morgan fingerprint density at radius 1 is 1.00 bits per heavy atom. The van der Waals surface area contributed by atoms with Gasteiger partial charge in [-0.3, -0.25) is 15.1 Å². The van der Waals surface area contributed by atoms with E-state index in [2.05, 4.69) is 0 Å². The Bertz CT molecular complexity index is 1350. The van der Waals surface area contributed by atoms with Crippen LogP contribution in [0.2, 0.25) is 5.02 Å². The molecule has 0 bridgehead atoms. The number of halogens is 1. The number of carbonyl (C=O) groups is 1. The van der Waals surface area contributed by atoms with Gasteiger partial charge < -0.3 is 5.11 Å². The van der Waals surface area contributed by atoms with E-state index in [-0.39, 0.29) is 17.4 Å². The van der Waals surface area contributed by atoms with Crippen molar-refractivity contribution in [3.8, 4) is 0 Å². The molecule has 0 spiro atoms. The third kappa shape index (κ3) is 4.30. The smallest absolute Gasteiger partial charge is 0.161 e. The second kappa shape index (κ2) is 9.76. The number of thioether (sulfide) groups is 1. The van der Waals surface area contributed by atoms with Gasteiger partial charge in [0.2, 0.25) is 0 Å². The van der Waals surface area contributed by atoms with E-state index in [9.17, 15) is 15.3 Å². The monoisotopic (exact) mass is 500 g/mol. The van der Waals surface area contributed by atoms with Crippen LogP contribution in [-0.2, 0) is 4.79 Å². The van der Waals surface area contributed by atoms with Crippen molar-refractivity contribution in [2.75, 3.05) is 11.2 Å². The molecule has 1 aliphatic heterocycles. The first-order valence-electron chi connectivity index (χ1n) is 11.5. The molecule has 1 atom stereocenters. The molecule has 0 amide bonds. The van der Waals surface area contributed by atoms with E-state index in [1.807, 2.05) is 77.9 Å². The van der Waals surface area contributed by atoms with Crippen LogP contribution < -0.4 is 4.90 Å². The largest absolute Gasteiger partial charge is 0.507 e. The van der Waals surface area contributed by atoms with Crippen molar-refractivity contribution in [3.05, 3.63) is 112 Å². The van der Waals surface area contributed by atoms with Crippen LogP contribution in [0.25, 0.3) is 5.76 Å². The normalized spacial score (nSPS) is 19.6. The number of nitrogens with zero attached hydrogens (tertiary/aromatic N) is 1. The molecule has 1 unspecified atom stereocenters. The van der Waals surface area contributed by atoms with E-state index in [1.54, 1.807) is 23.9 Å². The number of benzene rings is 3. The number of carbonyl (C=O) groups excluding carboxylic acids is 1. The zero-order valence-electron chi connectivity index (χ0n) is 19.3. The Kier molecular flexibility index (Phi) is 6.54. The molecule has 0 fully saturated rings. The standard InChI is InChI=1S/C29H25ClN2O2S/c1-35-22-16-10-18(11-17-22)25-26-23(8-5-9-24(26)33)32(21-14-12-20(30)13-15-21)29(31)27(25)28(34)19-6-3-2-4-7-19/h2-4,6-7,10-17,25,31,34H,5,8-9H2,1H3/b28-27+,31-29?. The quantitative estimate of drug-likeness (QED) is 0.285. The minimum absolute atomic E-state index is 0.0124. The Balaban J connectivity index is 1.80. The first-order valence-corrected chi connectivity index (χ1v) is 13.1. The number of amidine groups is 1. The van der Waals surface area contributed by atoms with Crippen molar-refractivity contribution in [2.24, 2.45) is 0 Å². The van der Waals surface area contributed by atoms with Crippen LogP contribution in [0.4, 0.5) is 5.69 Å². The maximum absolute atomic E-state index is 13.5.